The normalized spacial score (nSPS) is 11.0. The van der Waals surface area contributed by atoms with Gasteiger partial charge < -0.3 is 5.11 Å². The van der Waals surface area contributed by atoms with Crippen molar-refractivity contribution in [3.63, 3.8) is 0 Å². The monoisotopic (exact) mass is 307 g/mol. The average Bonchev–Trinajstić information content (AvgIpc) is 2.80. The van der Waals surface area contributed by atoms with E-state index in [0.717, 1.165) is 25.3 Å². The van der Waals surface area contributed by atoms with E-state index in [1.165, 1.54) is 5.56 Å². The highest BCUT2D eigenvalue weighted by molar-refractivity contribution is 8.00. The van der Waals surface area contributed by atoms with Crippen molar-refractivity contribution in [3.8, 4) is 5.75 Å². The molecule has 1 aromatic heterocycles. The molecule has 0 aliphatic carbocycles. The lowest BCUT2D eigenvalue weighted by Gasteiger charge is -1.98. The SMILES string of the molecule is Oc1ccc2nc(SCc3ccc(Cl)cc3)sc2c1. The molecule has 3 rings (SSSR count). The highest BCUT2D eigenvalue weighted by Gasteiger charge is 2.05. The minimum atomic E-state index is 0.283. The predicted molar refractivity (Wildman–Crippen MR) is 82.3 cm³/mol. The number of halogens is 1. The molecule has 96 valence electrons. The summed E-state index contributed by atoms with van der Waals surface area (Å²) in [5, 5.41) is 10.2. The third-order valence-electron chi connectivity index (χ3n) is 2.63. The van der Waals surface area contributed by atoms with Crippen molar-refractivity contribution in [2.75, 3.05) is 0 Å². The van der Waals surface area contributed by atoms with E-state index >= 15 is 0 Å². The van der Waals surface area contributed by atoms with Gasteiger partial charge in [-0.15, -0.1) is 11.3 Å². The van der Waals surface area contributed by atoms with Crippen LogP contribution in [0.2, 0.25) is 5.02 Å². The zero-order chi connectivity index (χ0) is 13.2. The smallest absolute Gasteiger partial charge is 0.151 e. The molecule has 0 radical (unpaired) electrons. The number of aromatic nitrogens is 1. The molecule has 0 fully saturated rings. The molecule has 1 N–H and O–H groups in total. The highest BCUT2D eigenvalue weighted by atomic mass is 35.5. The molecule has 0 aliphatic rings. The van der Waals surface area contributed by atoms with Gasteiger partial charge in [-0.05, 0) is 35.9 Å². The van der Waals surface area contributed by atoms with Gasteiger partial charge in [0.05, 0.1) is 10.2 Å². The summed E-state index contributed by atoms with van der Waals surface area (Å²) < 4.78 is 2.02. The van der Waals surface area contributed by atoms with Gasteiger partial charge in [0.1, 0.15) is 5.75 Å². The van der Waals surface area contributed by atoms with Gasteiger partial charge in [-0.3, -0.25) is 0 Å². The van der Waals surface area contributed by atoms with Crippen LogP contribution in [0.5, 0.6) is 5.75 Å². The number of fused-ring (bicyclic) bond motifs is 1. The van der Waals surface area contributed by atoms with E-state index in [9.17, 15) is 5.11 Å². The van der Waals surface area contributed by atoms with Crippen molar-refractivity contribution in [2.45, 2.75) is 10.1 Å². The first-order chi connectivity index (χ1) is 9.20. The first-order valence-electron chi connectivity index (χ1n) is 5.67. The zero-order valence-electron chi connectivity index (χ0n) is 9.84. The number of aromatic hydroxyl groups is 1. The first-order valence-corrected chi connectivity index (χ1v) is 7.85. The number of hydrogen-bond donors (Lipinski definition) is 1. The Labute approximate surface area is 124 Å². The van der Waals surface area contributed by atoms with Crippen LogP contribution in [-0.2, 0) is 5.75 Å². The first kappa shape index (κ1) is 12.8. The summed E-state index contributed by atoms with van der Waals surface area (Å²) in [4.78, 5) is 4.53. The molecular formula is C14H10ClNOS2. The molecule has 0 unspecified atom stereocenters. The quantitative estimate of drug-likeness (QED) is 0.695. The van der Waals surface area contributed by atoms with E-state index in [2.05, 4.69) is 4.98 Å². The lowest BCUT2D eigenvalue weighted by Crippen LogP contribution is -1.79. The van der Waals surface area contributed by atoms with E-state index in [0.29, 0.717) is 0 Å². The van der Waals surface area contributed by atoms with Gasteiger partial charge in [0, 0.05) is 10.8 Å². The summed E-state index contributed by atoms with van der Waals surface area (Å²) in [6.45, 7) is 0. The molecule has 0 atom stereocenters. The van der Waals surface area contributed by atoms with Gasteiger partial charge in [-0.1, -0.05) is 35.5 Å². The summed E-state index contributed by atoms with van der Waals surface area (Å²) in [6.07, 6.45) is 0. The summed E-state index contributed by atoms with van der Waals surface area (Å²) in [5.41, 5.74) is 2.15. The lowest BCUT2D eigenvalue weighted by atomic mass is 10.2. The maximum absolute atomic E-state index is 9.43. The van der Waals surface area contributed by atoms with Crippen LogP contribution in [0.3, 0.4) is 0 Å². The Kier molecular flexibility index (Phi) is 3.64. The molecule has 5 heteroatoms. The molecule has 0 saturated carbocycles. The zero-order valence-corrected chi connectivity index (χ0v) is 12.2. The van der Waals surface area contributed by atoms with Crippen LogP contribution in [0.4, 0.5) is 0 Å². The van der Waals surface area contributed by atoms with Crippen LogP contribution in [0.15, 0.2) is 46.8 Å². The molecule has 0 amide bonds. The largest absolute Gasteiger partial charge is 0.508 e. The van der Waals surface area contributed by atoms with Gasteiger partial charge in [-0.2, -0.15) is 0 Å². The number of nitrogens with zero attached hydrogens (tertiary/aromatic N) is 1. The Morgan fingerprint density at radius 2 is 1.95 bits per heavy atom. The topological polar surface area (TPSA) is 33.1 Å². The van der Waals surface area contributed by atoms with Gasteiger partial charge in [0.15, 0.2) is 4.34 Å². The molecule has 0 saturated heterocycles. The third kappa shape index (κ3) is 3.03. The molecule has 1 heterocycles. The van der Waals surface area contributed by atoms with E-state index in [-0.39, 0.29) is 5.75 Å². The molecule has 19 heavy (non-hydrogen) atoms. The van der Waals surface area contributed by atoms with Crippen molar-refractivity contribution in [3.05, 3.63) is 53.1 Å². The molecule has 3 aromatic rings. The molecule has 2 nitrogen and oxygen atoms in total. The summed E-state index contributed by atoms with van der Waals surface area (Å²) in [5.74, 6) is 1.15. The number of hydrogen-bond acceptors (Lipinski definition) is 4. The van der Waals surface area contributed by atoms with Crippen LogP contribution in [0.25, 0.3) is 10.2 Å². The van der Waals surface area contributed by atoms with Crippen molar-refractivity contribution < 1.29 is 5.11 Å². The average molecular weight is 308 g/mol. The van der Waals surface area contributed by atoms with Gasteiger partial charge in [-0.25, -0.2) is 4.98 Å². The summed E-state index contributed by atoms with van der Waals surface area (Å²) in [7, 11) is 0. The number of phenols is 1. The second-order valence-corrected chi connectivity index (χ2v) is 6.74. The Morgan fingerprint density at radius 3 is 2.74 bits per heavy atom. The fourth-order valence-corrected chi connectivity index (χ4v) is 3.86. The highest BCUT2D eigenvalue weighted by Crippen LogP contribution is 2.33. The standard InChI is InChI=1S/C14H10ClNOS2/c15-10-3-1-9(2-4-10)8-18-14-16-12-6-5-11(17)7-13(12)19-14/h1-7,17H,8H2. The molecule has 2 aromatic carbocycles. The summed E-state index contributed by atoms with van der Waals surface area (Å²) >= 11 is 9.15. The van der Waals surface area contributed by atoms with Crippen molar-refractivity contribution in [1.82, 2.24) is 4.98 Å². The van der Waals surface area contributed by atoms with Crippen LogP contribution in [0, 0.1) is 0 Å². The number of thioether (sulfide) groups is 1. The fraction of sp³-hybridized carbons (Fsp3) is 0.0714. The fourth-order valence-electron chi connectivity index (χ4n) is 1.68. The lowest BCUT2D eigenvalue weighted by molar-refractivity contribution is 0.476. The van der Waals surface area contributed by atoms with Crippen LogP contribution >= 0.6 is 34.7 Å². The second-order valence-electron chi connectivity index (χ2n) is 4.05. The van der Waals surface area contributed by atoms with E-state index < -0.39 is 0 Å². The predicted octanol–water partition coefficient (Wildman–Crippen LogP) is 4.95. The number of phenolic OH excluding ortho intramolecular Hbond substituents is 1. The molecule has 0 aliphatic heterocycles. The molecule has 0 bridgehead atoms. The van der Waals surface area contributed by atoms with Crippen molar-refractivity contribution in [2.24, 2.45) is 0 Å². The Morgan fingerprint density at radius 1 is 1.16 bits per heavy atom. The van der Waals surface area contributed by atoms with Crippen LogP contribution in [0.1, 0.15) is 5.56 Å². The maximum Gasteiger partial charge on any atom is 0.151 e. The van der Waals surface area contributed by atoms with E-state index in [1.807, 2.05) is 30.3 Å². The Hall–Kier alpha value is -1.23. The van der Waals surface area contributed by atoms with E-state index in [1.54, 1.807) is 35.2 Å². The van der Waals surface area contributed by atoms with Gasteiger partial charge in [0.25, 0.3) is 0 Å². The Bertz CT molecular complexity index is 709. The van der Waals surface area contributed by atoms with Gasteiger partial charge >= 0.3 is 0 Å². The third-order valence-corrected chi connectivity index (χ3v) is 5.11. The summed E-state index contributed by atoms with van der Waals surface area (Å²) in [6, 6.07) is 13.1. The van der Waals surface area contributed by atoms with Crippen molar-refractivity contribution in [1.29, 1.82) is 0 Å². The molecule has 0 spiro atoms. The van der Waals surface area contributed by atoms with E-state index in [4.69, 9.17) is 11.6 Å². The number of thiazole rings is 1. The Balaban J connectivity index is 1.76. The van der Waals surface area contributed by atoms with Gasteiger partial charge in [0.2, 0.25) is 0 Å². The molecular weight excluding hydrogens is 298 g/mol. The maximum atomic E-state index is 9.43. The van der Waals surface area contributed by atoms with Crippen LogP contribution < -0.4 is 0 Å². The minimum absolute atomic E-state index is 0.283. The minimum Gasteiger partial charge on any atom is -0.508 e. The van der Waals surface area contributed by atoms with Crippen molar-refractivity contribution >= 4 is 44.9 Å². The number of benzene rings is 2. The van der Waals surface area contributed by atoms with Crippen LogP contribution in [-0.4, -0.2) is 10.1 Å². The number of rotatable bonds is 3. The second kappa shape index (κ2) is 5.41.